The zero-order valence-electron chi connectivity index (χ0n) is 11.4. The summed E-state index contributed by atoms with van der Waals surface area (Å²) in [7, 11) is -6.47. The number of aryl methyl sites for hydroxylation is 1. The zero-order valence-corrected chi connectivity index (χ0v) is 13.1. The van der Waals surface area contributed by atoms with E-state index in [1.807, 2.05) is 13.0 Å². The molecule has 0 amide bonds. The predicted molar refractivity (Wildman–Crippen MR) is 77.8 cm³/mol. The van der Waals surface area contributed by atoms with E-state index in [0.29, 0.717) is 24.3 Å². The summed E-state index contributed by atoms with van der Waals surface area (Å²) in [5.41, 5.74) is 0.896. The molecule has 0 N–H and O–H groups in total. The normalized spacial score (nSPS) is 19.2. The Labute approximate surface area is 120 Å². The van der Waals surface area contributed by atoms with Crippen molar-refractivity contribution in [1.82, 2.24) is 4.31 Å². The fourth-order valence-electron chi connectivity index (χ4n) is 2.30. The second-order valence-electron chi connectivity index (χ2n) is 5.06. The molecule has 7 heteroatoms. The van der Waals surface area contributed by atoms with Gasteiger partial charge in [0.1, 0.15) is 0 Å². The van der Waals surface area contributed by atoms with Gasteiger partial charge in [-0.25, -0.2) is 21.1 Å². The van der Waals surface area contributed by atoms with Crippen LogP contribution in [0.4, 0.5) is 0 Å². The first-order valence-corrected chi connectivity index (χ1v) is 9.85. The Kier molecular flexibility index (Phi) is 4.51. The number of hydrogen-bond donors (Lipinski definition) is 0. The number of sulfone groups is 1. The second kappa shape index (κ2) is 5.83. The molecular weight excluding hydrogens is 298 g/mol. The van der Waals surface area contributed by atoms with Crippen LogP contribution in [0.25, 0.3) is 0 Å². The minimum Gasteiger partial charge on any atom is -0.224 e. The summed E-state index contributed by atoms with van der Waals surface area (Å²) < 4.78 is 48.9. The Morgan fingerprint density at radius 3 is 2.65 bits per heavy atom. The van der Waals surface area contributed by atoms with E-state index >= 15 is 0 Å². The molecule has 1 aliphatic heterocycles. The van der Waals surface area contributed by atoms with Crippen LogP contribution < -0.4 is 0 Å². The van der Waals surface area contributed by atoms with E-state index in [1.165, 1.54) is 4.31 Å². The standard InChI is InChI=1S/C13H19NO4S2/c1-12-5-2-6-13(11-12)19(15,16)9-3-7-14-8-4-10-20(14,17)18/h2,5-6,11H,3-4,7-10H2,1H3. The van der Waals surface area contributed by atoms with Gasteiger partial charge in [0.15, 0.2) is 9.84 Å². The van der Waals surface area contributed by atoms with Crippen molar-refractivity contribution < 1.29 is 16.8 Å². The molecule has 112 valence electrons. The van der Waals surface area contributed by atoms with Gasteiger partial charge in [0, 0.05) is 13.1 Å². The summed E-state index contributed by atoms with van der Waals surface area (Å²) in [6.45, 7) is 2.63. The Balaban J connectivity index is 1.97. The highest BCUT2D eigenvalue weighted by atomic mass is 32.2. The Morgan fingerprint density at radius 2 is 2.05 bits per heavy atom. The van der Waals surface area contributed by atoms with Crippen LogP contribution in [0.2, 0.25) is 0 Å². The molecule has 0 atom stereocenters. The van der Waals surface area contributed by atoms with Crippen molar-refractivity contribution >= 4 is 19.9 Å². The molecule has 0 saturated carbocycles. The molecule has 0 bridgehead atoms. The van der Waals surface area contributed by atoms with Crippen LogP contribution in [0.15, 0.2) is 29.2 Å². The Morgan fingerprint density at radius 1 is 1.30 bits per heavy atom. The molecule has 1 aromatic carbocycles. The van der Waals surface area contributed by atoms with Crippen molar-refractivity contribution in [2.24, 2.45) is 0 Å². The molecule has 5 nitrogen and oxygen atoms in total. The van der Waals surface area contributed by atoms with Gasteiger partial charge in [0.05, 0.1) is 16.4 Å². The first-order valence-electron chi connectivity index (χ1n) is 6.58. The van der Waals surface area contributed by atoms with Gasteiger partial charge in [-0.05, 0) is 37.5 Å². The highest BCUT2D eigenvalue weighted by Gasteiger charge is 2.28. The monoisotopic (exact) mass is 317 g/mol. The van der Waals surface area contributed by atoms with Crippen LogP contribution >= 0.6 is 0 Å². The molecule has 0 radical (unpaired) electrons. The first kappa shape index (κ1) is 15.5. The summed E-state index contributed by atoms with van der Waals surface area (Å²) in [5, 5.41) is 0. The van der Waals surface area contributed by atoms with E-state index < -0.39 is 19.9 Å². The first-order chi connectivity index (χ1) is 9.31. The van der Waals surface area contributed by atoms with Crippen LogP contribution in [0.3, 0.4) is 0 Å². The van der Waals surface area contributed by atoms with E-state index in [2.05, 4.69) is 0 Å². The topological polar surface area (TPSA) is 71.5 Å². The van der Waals surface area contributed by atoms with Gasteiger partial charge in [0.2, 0.25) is 10.0 Å². The highest BCUT2D eigenvalue weighted by Crippen LogP contribution is 2.16. The largest absolute Gasteiger partial charge is 0.224 e. The van der Waals surface area contributed by atoms with Gasteiger partial charge >= 0.3 is 0 Å². The van der Waals surface area contributed by atoms with E-state index in [1.54, 1.807) is 18.2 Å². The maximum atomic E-state index is 12.2. The summed E-state index contributed by atoms with van der Waals surface area (Å²) >= 11 is 0. The molecule has 2 rings (SSSR count). The van der Waals surface area contributed by atoms with Gasteiger partial charge in [0.25, 0.3) is 0 Å². The smallest absolute Gasteiger partial charge is 0.214 e. The summed E-state index contributed by atoms with van der Waals surface area (Å²) in [6, 6.07) is 6.78. The predicted octanol–water partition coefficient (Wildman–Crippen LogP) is 1.19. The number of sulfonamides is 1. The summed E-state index contributed by atoms with van der Waals surface area (Å²) in [6.07, 6.45) is 0.961. The lowest BCUT2D eigenvalue weighted by Crippen LogP contribution is -2.28. The SMILES string of the molecule is Cc1cccc(S(=O)(=O)CCCN2CCCS2(=O)=O)c1. The van der Waals surface area contributed by atoms with E-state index in [0.717, 1.165) is 5.56 Å². The number of rotatable bonds is 5. The molecule has 1 fully saturated rings. The number of nitrogens with zero attached hydrogens (tertiary/aromatic N) is 1. The lowest BCUT2D eigenvalue weighted by Gasteiger charge is -2.13. The molecule has 0 spiro atoms. The van der Waals surface area contributed by atoms with Crippen LogP contribution in [-0.4, -0.2) is 45.7 Å². The molecule has 1 aliphatic rings. The van der Waals surface area contributed by atoms with Crippen molar-refractivity contribution in [3.63, 3.8) is 0 Å². The molecular formula is C13H19NO4S2. The third kappa shape index (κ3) is 3.59. The van der Waals surface area contributed by atoms with Crippen LogP contribution in [0.5, 0.6) is 0 Å². The average Bonchev–Trinajstić information content (AvgIpc) is 2.69. The number of hydrogen-bond acceptors (Lipinski definition) is 4. The highest BCUT2D eigenvalue weighted by molar-refractivity contribution is 7.91. The quantitative estimate of drug-likeness (QED) is 0.818. The van der Waals surface area contributed by atoms with Gasteiger partial charge in [-0.1, -0.05) is 12.1 Å². The third-order valence-electron chi connectivity index (χ3n) is 3.37. The van der Waals surface area contributed by atoms with Crippen molar-refractivity contribution in [3.8, 4) is 0 Å². The molecule has 0 unspecified atom stereocenters. The Bertz CT molecular complexity index is 680. The van der Waals surface area contributed by atoms with Gasteiger partial charge < -0.3 is 0 Å². The van der Waals surface area contributed by atoms with Crippen LogP contribution in [0, 0.1) is 6.92 Å². The van der Waals surface area contributed by atoms with Crippen molar-refractivity contribution in [3.05, 3.63) is 29.8 Å². The van der Waals surface area contributed by atoms with Crippen molar-refractivity contribution in [2.45, 2.75) is 24.7 Å². The third-order valence-corrected chi connectivity index (χ3v) is 7.13. The van der Waals surface area contributed by atoms with Crippen molar-refractivity contribution in [2.75, 3.05) is 24.6 Å². The fraction of sp³-hybridized carbons (Fsp3) is 0.538. The molecule has 1 saturated heterocycles. The molecule has 20 heavy (non-hydrogen) atoms. The van der Waals surface area contributed by atoms with Crippen molar-refractivity contribution in [1.29, 1.82) is 0 Å². The van der Waals surface area contributed by atoms with Crippen LogP contribution in [-0.2, 0) is 19.9 Å². The second-order valence-corrected chi connectivity index (χ2v) is 9.26. The summed E-state index contributed by atoms with van der Waals surface area (Å²) in [4.78, 5) is 0.307. The molecule has 1 heterocycles. The fourth-order valence-corrected chi connectivity index (χ4v) is 5.26. The van der Waals surface area contributed by atoms with Gasteiger partial charge in [-0.2, -0.15) is 0 Å². The van der Waals surface area contributed by atoms with Gasteiger partial charge in [-0.15, -0.1) is 0 Å². The zero-order chi connectivity index (χ0) is 14.8. The maximum Gasteiger partial charge on any atom is 0.214 e. The van der Waals surface area contributed by atoms with Crippen LogP contribution in [0.1, 0.15) is 18.4 Å². The van der Waals surface area contributed by atoms with Gasteiger partial charge in [-0.3, -0.25) is 0 Å². The Hall–Kier alpha value is -0.920. The van der Waals surface area contributed by atoms with E-state index in [4.69, 9.17) is 0 Å². The molecule has 1 aromatic rings. The minimum absolute atomic E-state index is 0.0253. The summed E-state index contributed by atoms with van der Waals surface area (Å²) in [5.74, 6) is 0.153. The van der Waals surface area contributed by atoms with E-state index in [9.17, 15) is 16.8 Å². The lowest BCUT2D eigenvalue weighted by molar-refractivity contribution is 0.442. The lowest BCUT2D eigenvalue weighted by atomic mass is 10.2. The average molecular weight is 317 g/mol. The minimum atomic E-state index is -3.33. The molecule has 0 aromatic heterocycles. The van der Waals surface area contributed by atoms with E-state index in [-0.39, 0.29) is 18.1 Å². The molecule has 0 aliphatic carbocycles. The number of benzene rings is 1. The maximum absolute atomic E-state index is 12.2.